The Labute approximate surface area is 226 Å². The van der Waals surface area contributed by atoms with Crippen LogP contribution in [0, 0.1) is 12.3 Å². The monoisotopic (exact) mass is 515 g/mol. The number of carbonyl (C=O) groups is 1. The maximum absolute atomic E-state index is 11.1. The molecule has 5 heteroatoms. The van der Waals surface area contributed by atoms with E-state index in [4.69, 9.17) is 11.6 Å². The molecule has 1 N–H and O–H groups in total. The van der Waals surface area contributed by atoms with Gasteiger partial charge in [-0.2, -0.15) is 0 Å². The smallest absolute Gasteiger partial charge is 0.209 e. The third kappa shape index (κ3) is 5.75. The van der Waals surface area contributed by atoms with E-state index in [2.05, 4.69) is 85.7 Å². The Morgan fingerprint density at radius 1 is 1.05 bits per heavy atom. The summed E-state index contributed by atoms with van der Waals surface area (Å²) in [5.74, 6) is 0. The summed E-state index contributed by atoms with van der Waals surface area (Å²) in [7, 11) is 1.84. The number of rotatable bonds is 6. The van der Waals surface area contributed by atoms with Crippen molar-refractivity contribution >= 4 is 23.7 Å². The number of amides is 1. The Morgan fingerprint density at radius 3 is 2.38 bits per heavy atom. The number of halogens is 1. The molecule has 0 bridgehead atoms. The molecule has 194 valence electrons. The van der Waals surface area contributed by atoms with E-state index in [1.54, 1.807) is 0 Å². The van der Waals surface area contributed by atoms with Crippen molar-refractivity contribution in [3.8, 4) is 0 Å². The van der Waals surface area contributed by atoms with Gasteiger partial charge >= 0.3 is 0 Å². The molecule has 1 aliphatic heterocycles. The summed E-state index contributed by atoms with van der Waals surface area (Å²) in [5.41, 5.74) is 7.06. The fourth-order valence-electron chi connectivity index (χ4n) is 6.01. The molecule has 1 amide bonds. The summed E-state index contributed by atoms with van der Waals surface area (Å²) >= 11 is 6.47. The Bertz CT molecular complexity index is 1230. The zero-order valence-electron chi connectivity index (χ0n) is 22.4. The SMILES string of the molecule is CC/C=C1/C=CC(NC2(c3cccc(Cl)c3C)CC3(CN(C=O)C3)C2)=CC1=NC.CCc1ccccc1. The molecule has 1 heterocycles. The molecule has 0 radical (unpaired) electrons. The van der Waals surface area contributed by atoms with Gasteiger partial charge in [-0.15, -0.1) is 0 Å². The van der Waals surface area contributed by atoms with Gasteiger partial charge in [-0.3, -0.25) is 9.79 Å². The molecule has 3 aliphatic rings. The maximum Gasteiger partial charge on any atom is 0.209 e. The zero-order valence-corrected chi connectivity index (χ0v) is 23.2. The van der Waals surface area contributed by atoms with Gasteiger partial charge in [-0.25, -0.2) is 0 Å². The lowest BCUT2D eigenvalue weighted by molar-refractivity contribution is -0.147. The summed E-state index contributed by atoms with van der Waals surface area (Å²) in [6.07, 6.45) is 13.7. The molecule has 1 saturated carbocycles. The molecular formula is C32H38ClN3O. The minimum atomic E-state index is -0.176. The van der Waals surface area contributed by atoms with Crippen molar-refractivity contribution in [3.63, 3.8) is 0 Å². The van der Waals surface area contributed by atoms with E-state index in [1.165, 1.54) is 16.7 Å². The number of carbonyl (C=O) groups excluding carboxylic acids is 1. The number of likely N-dealkylation sites (tertiary alicyclic amines) is 1. The first-order valence-electron chi connectivity index (χ1n) is 13.2. The summed E-state index contributed by atoms with van der Waals surface area (Å²) in [5, 5.41) is 4.63. The van der Waals surface area contributed by atoms with Crippen LogP contribution in [0.3, 0.4) is 0 Å². The van der Waals surface area contributed by atoms with E-state index in [0.29, 0.717) is 0 Å². The lowest BCUT2D eigenvalue weighted by Gasteiger charge is -2.64. The van der Waals surface area contributed by atoms with Crippen molar-refractivity contribution in [3.05, 3.63) is 106 Å². The van der Waals surface area contributed by atoms with Gasteiger partial charge in [0, 0.05) is 36.3 Å². The molecule has 0 aromatic heterocycles. The van der Waals surface area contributed by atoms with Crippen molar-refractivity contribution in [2.75, 3.05) is 20.1 Å². The van der Waals surface area contributed by atoms with Crippen LogP contribution in [-0.2, 0) is 16.8 Å². The largest absolute Gasteiger partial charge is 0.375 e. The molecule has 0 atom stereocenters. The first kappa shape index (κ1) is 26.9. The first-order chi connectivity index (χ1) is 17.9. The number of nitrogens with zero attached hydrogens (tertiary/aromatic N) is 2. The lowest BCUT2D eigenvalue weighted by Crippen LogP contribution is -2.69. The van der Waals surface area contributed by atoms with Crippen LogP contribution in [0.2, 0.25) is 5.02 Å². The van der Waals surface area contributed by atoms with Gasteiger partial charge < -0.3 is 10.2 Å². The average molecular weight is 516 g/mol. The van der Waals surface area contributed by atoms with Crippen LogP contribution in [0.25, 0.3) is 0 Å². The van der Waals surface area contributed by atoms with Crippen LogP contribution in [-0.4, -0.2) is 37.2 Å². The number of aryl methyl sites for hydroxylation is 1. The molecule has 0 unspecified atom stereocenters. The minimum absolute atomic E-state index is 0.176. The topological polar surface area (TPSA) is 44.7 Å². The van der Waals surface area contributed by atoms with Gasteiger partial charge in [0.1, 0.15) is 0 Å². The van der Waals surface area contributed by atoms with Crippen LogP contribution < -0.4 is 5.32 Å². The highest BCUT2D eigenvalue weighted by Gasteiger charge is 2.61. The predicted octanol–water partition coefficient (Wildman–Crippen LogP) is 6.80. The van der Waals surface area contributed by atoms with Crippen molar-refractivity contribution in [1.29, 1.82) is 0 Å². The molecule has 2 aliphatic carbocycles. The molecule has 2 aromatic rings. The van der Waals surface area contributed by atoms with E-state index >= 15 is 0 Å². The normalized spacial score (nSPS) is 21.0. The van der Waals surface area contributed by atoms with E-state index in [9.17, 15) is 4.79 Å². The summed E-state index contributed by atoms with van der Waals surface area (Å²) in [6, 6.07) is 16.6. The second-order valence-corrected chi connectivity index (χ2v) is 10.8. The van der Waals surface area contributed by atoms with Gasteiger partial charge in [-0.1, -0.05) is 80.1 Å². The molecule has 5 rings (SSSR count). The zero-order chi connectivity index (χ0) is 26.5. The number of nitrogens with one attached hydrogen (secondary N) is 1. The molecular weight excluding hydrogens is 478 g/mol. The van der Waals surface area contributed by atoms with Gasteiger partial charge in [-0.05, 0) is 73.1 Å². The highest BCUT2D eigenvalue weighted by molar-refractivity contribution is 6.31. The predicted molar refractivity (Wildman–Crippen MR) is 155 cm³/mol. The summed E-state index contributed by atoms with van der Waals surface area (Å²) < 4.78 is 0. The van der Waals surface area contributed by atoms with Crippen molar-refractivity contribution < 1.29 is 4.79 Å². The molecule has 2 fully saturated rings. The quantitative estimate of drug-likeness (QED) is 0.430. The van der Waals surface area contributed by atoms with E-state index < -0.39 is 0 Å². The van der Waals surface area contributed by atoms with Gasteiger partial charge in [0.25, 0.3) is 0 Å². The number of allylic oxidation sites excluding steroid dienone is 5. The second kappa shape index (κ2) is 11.5. The minimum Gasteiger partial charge on any atom is -0.375 e. The first-order valence-corrected chi connectivity index (χ1v) is 13.6. The van der Waals surface area contributed by atoms with Gasteiger partial charge in [0.2, 0.25) is 6.41 Å². The van der Waals surface area contributed by atoms with Crippen LogP contribution >= 0.6 is 11.6 Å². The van der Waals surface area contributed by atoms with Crippen LogP contribution in [0.1, 0.15) is 49.8 Å². The lowest BCUT2D eigenvalue weighted by atomic mass is 9.51. The number of hydrogen-bond acceptors (Lipinski definition) is 3. The Balaban J connectivity index is 0.000000342. The molecule has 1 spiro atoms. The van der Waals surface area contributed by atoms with Crippen LogP contribution in [0.15, 0.2) is 89.1 Å². The molecule has 2 aromatic carbocycles. The number of hydrogen-bond donors (Lipinski definition) is 1. The third-order valence-corrected chi connectivity index (χ3v) is 8.10. The summed E-state index contributed by atoms with van der Waals surface area (Å²) in [6.45, 7) is 8.09. The van der Waals surface area contributed by atoms with Crippen LogP contribution in [0.5, 0.6) is 0 Å². The second-order valence-electron chi connectivity index (χ2n) is 10.4. The average Bonchev–Trinajstić information content (AvgIpc) is 2.88. The Kier molecular flexibility index (Phi) is 8.39. The Morgan fingerprint density at radius 2 is 1.78 bits per heavy atom. The number of benzene rings is 2. The van der Waals surface area contributed by atoms with E-state index in [-0.39, 0.29) is 11.0 Å². The van der Waals surface area contributed by atoms with Crippen molar-refractivity contribution in [2.24, 2.45) is 10.4 Å². The third-order valence-electron chi connectivity index (χ3n) is 7.69. The van der Waals surface area contributed by atoms with Gasteiger partial charge in [0.15, 0.2) is 0 Å². The Hall–Kier alpha value is -3.11. The van der Waals surface area contributed by atoms with E-state index in [0.717, 1.165) is 67.2 Å². The molecule has 1 saturated heterocycles. The number of aliphatic imine (C=N–C) groups is 1. The van der Waals surface area contributed by atoms with Crippen molar-refractivity contribution in [2.45, 2.75) is 52.0 Å². The fraction of sp³-hybridized carbons (Fsp3) is 0.375. The van der Waals surface area contributed by atoms with Crippen molar-refractivity contribution in [1.82, 2.24) is 10.2 Å². The fourth-order valence-corrected chi connectivity index (χ4v) is 6.19. The van der Waals surface area contributed by atoms with Crippen LogP contribution in [0.4, 0.5) is 0 Å². The standard InChI is InChI=1S/C24H28ClN3O.C8H10/c1-4-6-18-9-10-19(11-22(18)26-3)27-24(20-7-5-8-21(25)17(20)2)12-23(13-24)14-28(15-23)16-29;1-2-8-6-4-3-5-7-8/h5-11,16,27H,4,12-15H2,1-3H3;3-7H,2H2,1H3/b18-6-,26-22?;. The highest BCUT2D eigenvalue weighted by Crippen LogP contribution is 2.59. The van der Waals surface area contributed by atoms with E-state index in [1.807, 2.05) is 30.1 Å². The van der Waals surface area contributed by atoms with Gasteiger partial charge in [0.05, 0.1) is 11.3 Å². The summed E-state index contributed by atoms with van der Waals surface area (Å²) in [4.78, 5) is 17.4. The molecule has 37 heavy (non-hydrogen) atoms. The molecule has 4 nitrogen and oxygen atoms in total. The maximum atomic E-state index is 11.1. The highest BCUT2D eigenvalue weighted by atomic mass is 35.5.